The van der Waals surface area contributed by atoms with Crippen molar-refractivity contribution >= 4 is 17.8 Å². The number of carboxylic acid groups (broad SMARTS) is 1. The zero-order valence-corrected chi connectivity index (χ0v) is 79.9. The van der Waals surface area contributed by atoms with Crippen molar-refractivity contribution in [1.29, 1.82) is 0 Å². The van der Waals surface area contributed by atoms with Crippen LogP contribution in [-0.2, 0) is 14.4 Å². The van der Waals surface area contributed by atoms with Gasteiger partial charge in [0.05, 0.1) is 36.6 Å². The smallest absolute Gasteiger partial charge is 0.300 e. The third-order valence-electron chi connectivity index (χ3n) is 43.5. The summed E-state index contributed by atoms with van der Waals surface area (Å²) >= 11 is 0. The first-order chi connectivity index (χ1) is 58.6. The van der Waals surface area contributed by atoms with Crippen molar-refractivity contribution in [3.05, 3.63) is 60.8 Å². The Morgan fingerprint density at radius 3 is 0.856 bits per heavy atom. The minimum absolute atomic E-state index is 0.000211. The summed E-state index contributed by atoms with van der Waals surface area (Å²) in [5, 5.41) is 120. The number of amides is 2. The van der Waals surface area contributed by atoms with Crippen LogP contribution < -0.4 is 27.8 Å². The van der Waals surface area contributed by atoms with Gasteiger partial charge in [0, 0.05) is 77.4 Å². The molecule has 18 rings (SSSR count). The van der Waals surface area contributed by atoms with Gasteiger partial charge in [0.1, 0.15) is 0 Å². The number of hydrogen-bond donors (Lipinski definition) is 16. The number of fused-ring (bicyclic) bond motifs is 17. The van der Waals surface area contributed by atoms with Crippen molar-refractivity contribution in [2.45, 2.75) is 382 Å². The average Bonchev–Trinajstić information content (AvgIpc) is 1.69. The van der Waals surface area contributed by atoms with E-state index in [1.54, 1.807) is 13.8 Å². The number of hydrogen-bond acceptors (Lipinski definition) is 16. The maximum atomic E-state index is 11.5. The normalized spacial score (nSPS) is 52.0. The highest BCUT2D eigenvalue weighted by molar-refractivity contribution is 5.73. The molecular weight excluding hydrogens is 1570 g/mol. The molecular formula is C106H177N5O14. The van der Waals surface area contributed by atoms with Crippen LogP contribution in [0.15, 0.2) is 60.8 Å². The summed E-state index contributed by atoms with van der Waals surface area (Å²) in [6, 6.07) is 0.903. The summed E-state index contributed by atoms with van der Waals surface area (Å²) in [6.07, 6.45) is 33.8. The SMILES string of the molecule is C=C1CC[C@H]2C3[C@@H](O)[C@H](O)C4C[C@@H](N)CC[C@]4(C)[C@H]3CC[C@]12C.C=C1CC[C@H]2C3[C@@H](O)[C@H](O)C4C[C@@H](N)CC[C@]4(C)[C@H]3CC[C@]12C.C=C1CC[C@H]2C3[C@@H](O)[C@H](O)C4C[C@@H](NC(C)=O)CC[C@]4(C)[C@H]3CC[C@]12C.C=C1CC[C@H]2[C@H](CO)[C@@H]([C@@]3(C)CC[C@H](N)C[C@@H]3CO)CC[C@]12C.C=C1CC[C@H]2[C@H](CO)[C@@H]([C@@]3(C)CC[C@H](NC(C)=O)C[C@@H]3CO)CC[C@]12C.CC(=O)O. The highest BCUT2D eigenvalue weighted by Crippen LogP contribution is 2.73. The van der Waals surface area contributed by atoms with Crippen LogP contribution >= 0.6 is 0 Å². The van der Waals surface area contributed by atoms with Crippen molar-refractivity contribution in [1.82, 2.24) is 10.6 Å². The van der Waals surface area contributed by atoms with Crippen LogP contribution in [0.2, 0.25) is 0 Å². The molecule has 0 aliphatic heterocycles. The molecule has 41 atom stereocenters. The molecule has 18 saturated carbocycles. The first-order valence-electron chi connectivity index (χ1n) is 50.6. The monoisotopic (exact) mass is 1740 g/mol. The zero-order valence-electron chi connectivity index (χ0n) is 79.9. The van der Waals surface area contributed by atoms with Crippen molar-refractivity contribution in [2.75, 3.05) is 26.4 Å². The highest BCUT2D eigenvalue weighted by Gasteiger charge is 2.69. The van der Waals surface area contributed by atoms with Gasteiger partial charge in [-0.1, -0.05) is 130 Å². The highest BCUT2D eigenvalue weighted by atomic mass is 16.4. The molecule has 0 radical (unpaired) electrons. The van der Waals surface area contributed by atoms with Gasteiger partial charge >= 0.3 is 0 Å². The molecule has 125 heavy (non-hydrogen) atoms. The minimum atomic E-state index is -0.833. The molecule has 0 aromatic heterocycles. The van der Waals surface area contributed by atoms with E-state index < -0.39 is 42.6 Å². The molecule has 2 amide bonds. The van der Waals surface area contributed by atoms with Crippen LogP contribution in [0.4, 0.5) is 0 Å². The van der Waals surface area contributed by atoms with Crippen LogP contribution in [0.1, 0.15) is 315 Å². The van der Waals surface area contributed by atoms with E-state index in [2.05, 4.69) is 113 Å². The summed E-state index contributed by atoms with van der Waals surface area (Å²) in [6.45, 7) is 50.4. The molecule has 0 spiro atoms. The van der Waals surface area contributed by atoms with E-state index in [0.29, 0.717) is 71.0 Å². The second-order valence-electron chi connectivity index (χ2n) is 48.5. The third-order valence-corrected chi connectivity index (χ3v) is 43.5. The topological polar surface area (TPSA) is 376 Å². The Bertz CT molecular complexity index is 3770. The predicted octanol–water partition coefficient (Wildman–Crippen LogP) is 15.2. The Kier molecular flexibility index (Phi) is 29.7. The molecule has 19 nitrogen and oxygen atoms in total. The van der Waals surface area contributed by atoms with Crippen molar-refractivity contribution in [3.8, 4) is 0 Å². The van der Waals surface area contributed by atoms with Crippen molar-refractivity contribution in [2.24, 2.45) is 190 Å². The summed E-state index contributed by atoms with van der Waals surface area (Å²) < 4.78 is 0. The summed E-state index contributed by atoms with van der Waals surface area (Å²) in [5.41, 5.74) is 26.8. The van der Waals surface area contributed by atoms with E-state index in [0.717, 1.165) is 193 Å². The summed E-state index contributed by atoms with van der Waals surface area (Å²) in [7, 11) is 0. The fourth-order valence-corrected chi connectivity index (χ4v) is 35.4. The Hall–Kier alpha value is -3.41. The Morgan fingerprint density at radius 2 is 0.552 bits per heavy atom. The van der Waals surface area contributed by atoms with E-state index in [1.165, 1.54) is 66.4 Å². The zero-order chi connectivity index (χ0) is 91.5. The molecule has 18 fully saturated rings. The Morgan fingerprint density at radius 1 is 0.304 bits per heavy atom. The van der Waals surface area contributed by atoms with Gasteiger partial charge in [-0.3, -0.25) is 14.4 Å². The third kappa shape index (κ3) is 17.2. The van der Waals surface area contributed by atoms with E-state index in [4.69, 9.17) is 27.1 Å². The molecule has 0 saturated heterocycles. The molecule has 0 aromatic carbocycles. The fourth-order valence-electron chi connectivity index (χ4n) is 35.4. The van der Waals surface area contributed by atoms with Crippen LogP contribution in [0.3, 0.4) is 0 Å². The number of carboxylic acids is 1. The number of nitrogens with one attached hydrogen (secondary N) is 2. The van der Waals surface area contributed by atoms with Gasteiger partial charge < -0.3 is 84.0 Å². The quantitative estimate of drug-likeness (QED) is 0.100. The number of nitrogens with two attached hydrogens (primary N) is 3. The lowest BCUT2D eigenvalue weighted by Crippen LogP contribution is -2.64. The second kappa shape index (κ2) is 37.5. The van der Waals surface area contributed by atoms with E-state index >= 15 is 0 Å². The van der Waals surface area contributed by atoms with Crippen LogP contribution in [0.5, 0.6) is 0 Å². The number of rotatable bonds is 8. The van der Waals surface area contributed by atoms with Gasteiger partial charge in [-0.25, -0.2) is 0 Å². The minimum Gasteiger partial charge on any atom is -0.481 e. The Labute approximate surface area is 753 Å². The fraction of sp³-hybridized carbons (Fsp3) is 0.877. The largest absolute Gasteiger partial charge is 0.481 e. The van der Waals surface area contributed by atoms with Crippen LogP contribution in [-0.4, -0.2) is 167 Å². The van der Waals surface area contributed by atoms with Gasteiger partial charge in [-0.15, -0.1) is 0 Å². The molecule has 18 aliphatic rings. The molecule has 0 heterocycles. The lowest BCUT2D eigenvalue weighted by Gasteiger charge is -2.63. The van der Waals surface area contributed by atoms with Crippen LogP contribution in [0, 0.1) is 173 Å². The summed E-state index contributed by atoms with van der Waals surface area (Å²) in [4.78, 5) is 31.9. The average molecular weight is 1750 g/mol. The standard InChI is InChI=1S/C22H35NO3.C22H37NO3.2C20H33NO2.C20H35NO2.C2H4O2/c1-12-5-6-15-18-16(8-10-21(12,15)3)22(4)9-7-14(23-13(2)24)11-17(22)19(25)20(18)26;1-14-5-6-19-18(13-25)20(8-10-21(14,19)3)22(4)9-7-17(23-15(2)26)11-16(22)12-24;2*1-11-4-5-13-16-14(7-9-19(11,13)2)20(3)8-6-12(21)10-15(20)17(22)18(16)23;1-13-4-5-17-16(12-23)18(7-9-19(13,17)2)20(3)8-6-15(21)10-14(20)11-22;1-2(3)4/h14-20,25-26H,1,5-11H2,2-4H3,(H,23,24);16-20,24-25H,1,5-13H2,2-4H3,(H,23,26);2*12-18,22-23H,1,4-10,21H2,2-3H3;14-18,22-23H,1,4-12,21H2,2-3H3;1H3,(H,3,4)/t14-,15-,16-,17?,18?,19+,20+,21+,22+;16-,17+,18+,19+,20+,21-,22+;2*12-,13-,14-,15?,16?,17+,18+,19+,20+;14-,15+,16+,17+,18+,19-,20+;/m01001./s1. The predicted molar refractivity (Wildman–Crippen MR) is 495 cm³/mol. The van der Waals surface area contributed by atoms with Crippen molar-refractivity contribution < 1.29 is 70.6 Å². The number of carbonyl (C=O) groups is 3. The molecule has 19 N–H and O–H groups in total. The van der Waals surface area contributed by atoms with Gasteiger partial charge in [0.15, 0.2) is 0 Å². The lowest BCUT2D eigenvalue weighted by atomic mass is 9.43. The molecule has 710 valence electrons. The molecule has 0 aromatic rings. The molecule has 6 unspecified atom stereocenters. The van der Waals surface area contributed by atoms with E-state index in [-0.39, 0.29) is 170 Å². The second-order valence-corrected chi connectivity index (χ2v) is 48.5. The maximum absolute atomic E-state index is 11.5. The molecule has 0 bridgehead atoms. The van der Waals surface area contributed by atoms with E-state index in [1.807, 2.05) is 0 Å². The number of aliphatic hydroxyl groups is 10. The number of aliphatic carboxylic acids is 1. The first-order valence-corrected chi connectivity index (χ1v) is 50.6. The number of allylic oxidation sites excluding steroid dienone is 5. The lowest BCUT2D eigenvalue weighted by molar-refractivity contribution is -0.211. The van der Waals surface area contributed by atoms with Crippen LogP contribution in [0.25, 0.3) is 0 Å². The van der Waals surface area contributed by atoms with Gasteiger partial charge in [-0.05, 0) is 397 Å². The molecule has 18 aliphatic carbocycles. The molecule has 19 heteroatoms. The summed E-state index contributed by atoms with van der Waals surface area (Å²) in [5.74, 6) is 6.31. The maximum Gasteiger partial charge on any atom is 0.300 e. The van der Waals surface area contributed by atoms with Gasteiger partial charge in [0.25, 0.3) is 5.97 Å². The number of aliphatic hydroxyl groups excluding tert-OH is 10. The number of carbonyl (C=O) groups excluding carboxylic acids is 2. The van der Waals surface area contributed by atoms with Gasteiger partial charge in [-0.2, -0.15) is 0 Å². The van der Waals surface area contributed by atoms with Crippen molar-refractivity contribution in [3.63, 3.8) is 0 Å². The Balaban J connectivity index is 0.000000133. The first kappa shape index (κ1) is 99.1. The van der Waals surface area contributed by atoms with E-state index in [9.17, 15) is 60.7 Å². The van der Waals surface area contributed by atoms with Gasteiger partial charge in [0.2, 0.25) is 11.8 Å².